The second-order valence-electron chi connectivity index (χ2n) is 8.96. The molecular weight excluding hydrogens is 372 g/mol. The first kappa shape index (κ1) is 20.0. The minimum atomic E-state index is -0.158. The molecule has 154 valence electrons. The van der Waals surface area contributed by atoms with Gasteiger partial charge in [-0.15, -0.1) is 0 Å². The molecule has 2 aromatic carbocycles. The standard InChI is InChI=1S/C25H28N4O/c1-16-11-17(2)13-19(12-16)26-15-18-14-21-22(25(3,4)5)28-29(23(21)27-24(18)30)20-9-7-6-8-10-20/h6-14,26H,15H2,1-5H3,(H,27,30). The molecule has 0 aliphatic rings. The number of H-pyrrole nitrogens is 1. The Morgan fingerprint density at radius 3 is 2.30 bits per heavy atom. The molecule has 4 rings (SSSR count). The highest BCUT2D eigenvalue weighted by Gasteiger charge is 2.24. The summed E-state index contributed by atoms with van der Waals surface area (Å²) in [6.07, 6.45) is 0. The Hall–Kier alpha value is -3.34. The van der Waals surface area contributed by atoms with Gasteiger partial charge in [-0.05, 0) is 55.3 Å². The third-order valence-electron chi connectivity index (χ3n) is 5.18. The summed E-state index contributed by atoms with van der Waals surface area (Å²) in [7, 11) is 0. The van der Waals surface area contributed by atoms with Gasteiger partial charge in [0.1, 0.15) is 5.65 Å². The van der Waals surface area contributed by atoms with Gasteiger partial charge in [-0.3, -0.25) is 4.79 Å². The molecule has 30 heavy (non-hydrogen) atoms. The fraction of sp³-hybridized carbons (Fsp3) is 0.280. The molecule has 0 fully saturated rings. The summed E-state index contributed by atoms with van der Waals surface area (Å²) in [4.78, 5) is 16.0. The van der Waals surface area contributed by atoms with E-state index in [-0.39, 0.29) is 11.0 Å². The molecule has 5 heteroatoms. The van der Waals surface area contributed by atoms with Crippen LogP contribution in [0.15, 0.2) is 59.4 Å². The maximum Gasteiger partial charge on any atom is 0.254 e. The fourth-order valence-corrected chi connectivity index (χ4v) is 3.83. The van der Waals surface area contributed by atoms with Crippen LogP contribution in [-0.4, -0.2) is 14.8 Å². The smallest absolute Gasteiger partial charge is 0.254 e. The van der Waals surface area contributed by atoms with Gasteiger partial charge in [0.15, 0.2) is 0 Å². The average molecular weight is 401 g/mol. The van der Waals surface area contributed by atoms with Crippen molar-refractivity contribution in [2.45, 2.75) is 46.6 Å². The Morgan fingerprint density at radius 2 is 1.67 bits per heavy atom. The zero-order valence-corrected chi connectivity index (χ0v) is 18.2. The molecule has 0 amide bonds. The molecule has 0 saturated heterocycles. The van der Waals surface area contributed by atoms with Crippen LogP contribution < -0.4 is 10.9 Å². The Bertz CT molecular complexity index is 1240. The van der Waals surface area contributed by atoms with Crippen LogP contribution in [0.2, 0.25) is 0 Å². The van der Waals surface area contributed by atoms with Crippen molar-refractivity contribution in [1.82, 2.24) is 14.8 Å². The molecule has 2 N–H and O–H groups in total. The minimum absolute atomic E-state index is 0.100. The lowest BCUT2D eigenvalue weighted by molar-refractivity contribution is 0.565. The number of fused-ring (bicyclic) bond motifs is 1. The van der Waals surface area contributed by atoms with Crippen molar-refractivity contribution in [3.8, 4) is 5.69 Å². The summed E-state index contributed by atoms with van der Waals surface area (Å²) < 4.78 is 1.83. The second-order valence-corrected chi connectivity index (χ2v) is 8.96. The zero-order chi connectivity index (χ0) is 21.5. The van der Waals surface area contributed by atoms with Crippen molar-refractivity contribution in [3.05, 3.63) is 87.3 Å². The van der Waals surface area contributed by atoms with Crippen LogP contribution in [0.1, 0.15) is 43.2 Å². The summed E-state index contributed by atoms with van der Waals surface area (Å²) >= 11 is 0. The van der Waals surface area contributed by atoms with E-state index in [0.29, 0.717) is 12.1 Å². The maximum atomic E-state index is 12.9. The third kappa shape index (κ3) is 3.88. The number of hydrogen-bond donors (Lipinski definition) is 2. The van der Waals surface area contributed by atoms with Crippen molar-refractivity contribution < 1.29 is 0 Å². The SMILES string of the molecule is Cc1cc(C)cc(NCc2cc3c(C(C)(C)C)nn(-c4ccccc4)c3[nH]c2=O)c1. The van der Waals surface area contributed by atoms with Crippen LogP contribution in [0.5, 0.6) is 0 Å². The van der Waals surface area contributed by atoms with Crippen molar-refractivity contribution in [2.75, 3.05) is 5.32 Å². The van der Waals surface area contributed by atoms with Crippen LogP contribution >= 0.6 is 0 Å². The predicted molar refractivity (Wildman–Crippen MR) is 124 cm³/mol. The van der Waals surface area contributed by atoms with Crippen molar-refractivity contribution >= 4 is 16.7 Å². The number of pyridine rings is 1. The van der Waals surface area contributed by atoms with E-state index in [1.54, 1.807) is 0 Å². The Labute approximate surface area is 176 Å². The first-order valence-electron chi connectivity index (χ1n) is 10.3. The highest BCUT2D eigenvalue weighted by molar-refractivity contribution is 5.81. The van der Waals surface area contributed by atoms with Gasteiger partial charge in [-0.1, -0.05) is 45.0 Å². The van der Waals surface area contributed by atoms with Crippen molar-refractivity contribution in [1.29, 1.82) is 0 Å². The molecule has 0 aliphatic carbocycles. The van der Waals surface area contributed by atoms with Crippen LogP contribution in [0.25, 0.3) is 16.7 Å². The molecule has 0 aliphatic heterocycles. The normalized spacial score (nSPS) is 11.8. The first-order chi connectivity index (χ1) is 14.2. The number of aromatic nitrogens is 3. The Balaban J connectivity index is 1.79. The Morgan fingerprint density at radius 1 is 1.00 bits per heavy atom. The van der Waals surface area contributed by atoms with E-state index in [9.17, 15) is 4.79 Å². The van der Waals surface area contributed by atoms with Crippen LogP contribution in [0, 0.1) is 13.8 Å². The summed E-state index contributed by atoms with van der Waals surface area (Å²) in [5, 5.41) is 9.25. The van der Waals surface area contributed by atoms with Gasteiger partial charge < -0.3 is 10.3 Å². The van der Waals surface area contributed by atoms with Crippen molar-refractivity contribution in [2.24, 2.45) is 0 Å². The van der Waals surface area contributed by atoms with E-state index in [4.69, 9.17) is 5.10 Å². The molecule has 0 unspecified atom stereocenters. The number of aryl methyl sites for hydroxylation is 2. The van der Waals surface area contributed by atoms with Gasteiger partial charge in [0.2, 0.25) is 0 Å². The molecule has 0 saturated carbocycles. The molecule has 2 aromatic heterocycles. The summed E-state index contributed by atoms with van der Waals surface area (Å²) in [6, 6.07) is 18.2. The molecule has 0 bridgehead atoms. The minimum Gasteiger partial charge on any atom is -0.381 e. The van der Waals surface area contributed by atoms with Crippen molar-refractivity contribution in [3.63, 3.8) is 0 Å². The van der Waals surface area contributed by atoms with E-state index in [2.05, 4.69) is 63.1 Å². The lowest BCUT2D eigenvalue weighted by Crippen LogP contribution is -2.17. The third-order valence-corrected chi connectivity index (χ3v) is 5.18. The number of anilines is 1. The van der Waals surface area contributed by atoms with E-state index < -0.39 is 0 Å². The van der Waals surface area contributed by atoms with Crippen LogP contribution in [0.4, 0.5) is 5.69 Å². The summed E-state index contributed by atoms with van der Waals surface area (Å²) in [5.41, 5.74) is 6.46. The van der Waals surface area contributed by atoms with Gasteiger partial charge in [0.05, 0.1) is 11.4 Å². The molecule has 2 heterocycles. The second kappa shape index (κ2) is 7.48. The summed E-state index contributed by atoms with van der Waals surface area (Å²) in [5.74, 6) is 0. The number of para-hydroxylation sites is 1. The Kier molecular flexibility index (Phi) is 4.98. The molecule has 0 atom stereocenters. The molecule has 4 aromatic rings. The monoisotopic (exact) mass is 400 g/mol. The van der Waals surface area contributed by atoms with Gasteiger partial charge in [-0.25, -0.2) is 4.68 Å². The predicted octanol–water partition coefficient (Wildman–Crippen LogP) is 5.24. The molecule has 5 nitrogen and oxygen atoms in total. The summed E-state index contributed by atoms with van der Waals surface area (Å²) in [6.45, 7) is 11.0. The van der Waals surface area contributed by atoms with E-state index >= 15 is 0 Å². The number of nitrogens with one attached hydrogen (secondary N) is 2. The largest absolute Gasteiger partial charge is 0.381 e. The average Bonchev–Trinajstić information content (AvgIpc) is 3.05. The van der Waals surface area contributed by atoms with E-state index in [1.165, 1.54) is 11.1 Å². The maximum absolute atomic E-state index is 12.9. The van der Waals surface area contributed by atoms with E-state index in [1.807, 2.05) is 41.1 Å². The lowest BCUT2D eigenvalue weighted by Gasteiger charge is -2.15. The number of rotatable bonds is 4. The number of nitrogens with zero attached hydrogens (tertiary/aromatic N) is 2. The van der Waals surface area contributed by atoms with Gasteiger partial charge >= 0.3 is 0 Å². The van der Waals surface area contributed by atoms with Crippen LogP contribution in [-0.2, 0) is 12.0 Å². The molecule has 0 spiro atoms. The quantitative estimate of drug-likeness (QED) is 0.492. The number of hydrogen-bond acceptors (Lipinski definition) is 3. The number of aromatic amines is 1. The zero-order valence-electron chi connectivity index (χ0n) is 18.2. The highest BCUT2D eigenvalue weighted by Crippen LogP contribution is 2.30. The van der Waals surface area contributed by atoms with Gasteiger partial charge in [0.25, 0.3) is 5.56 Å². The first-order valence-corrected chi connectivity index (χ1v) is 10.3. The van der Waals surface area contributed by atoms with Crippen LogP contribution in [0.3, 0.4) is 0 Å². The highest BCUT2D eigenvalue weighted by atomic mass is 16.1. The topological polar surface area (TPSA) is 62.7 Å². The van der Waals surface area contributed by atoms with Gasteiger partial charge in [-0.2, -0.15) is 5.10 Å². The molecule has 0 radical (unpaired) electrons. The van der Waals surface area contributed by atoms with Gasteiger partial charge in [0, 0.05) is 28.6 Å². The fourth-order valence-electron chi connectivity index (χ4n) is 3.83. The molecular formula is C25H28N4O. The number of benzene rings is 2. The van der Waals surface area contributed by atoms with E-state index in [0.717, 1.165) is 28.1 Å². The lowest BCUT2D eigenvalue weighted by atomic mass is 9.90.